The minimum Gasteiger partial charge on any atom is -0.408 e. The van der Waals surface area contributed by atoms with E-state index in [0.29, 0.717) is 37.3 Å². The first-order valence-electron chi connectivity index (χ1n) is 8.84. The number of carbonyl (C=O) groups is 1. The van der Waals surface area contributed by atoms with Gasteiger partial charge in [0.15, 0.2) is 5.58 Å². The van der Waals surface area contributed by atoms with E-state index < -0.39 is 5.54 Å². The highest BCUT2D eigenvalue weighted by molar-refractivity contribution is 5.98. The predicted octanol–water partition coefficient (Wildman–Crippen LogP) is 2.24. The average molecular weight is 367 g/mol. The molecule has 4 rings (SSSR count). The molecule has 0 radical (unpaired) electrons. The Morgan fingerprint density at radius 3 is 2.48 bits per heavy atom. The number of oxazole rings is 1. The van der Waals surface area contributed by atoms with Gasteiger partial charge >= 0.3 is 5.76 Å². The largest absolute Gasteiger partial charge is 0.419 e. The summed E-state index contributed by atoms with van der Waals surface area (Å²) in [6.45, 7) is 1.00. The van der Waals surface area contributed by atoms with Crippen molar-refractivity contribution < 1.29 is 13.9 Å². The summed E-state index contributed by atoms with van der Waals surface area (Å²) in [4.78, 5) is 24.1. The van der Waals surface area contributed by atoms with E-state index in [1.807, 2.05) is 36.4 Å². The van der Waals surface area contributed by atoms with Crippen molar-refractivity contribution in [2.75, 3.05) is 18.5 Å². The van der Waals surface area contributed by atoms with E-state index in [4.69, 9.17) is 14.9 Å². The van der Waals surface area contributed by atoms with Gasteiger partial charge in [0.1, 0.15) is 5.54 Å². The van der Waals surface area contributed by atoms with Crippen LogP contribution in [0, 0.1) is 0 Å². The third-order valence-corrected chi connectivity index (χ3v) is 5.10. The van der Waals surface area contributed by atoms with Gasteiger partial charge in [0.25, 0.3) is 0 Å². The molecule has 0 aliphatic carbocycles. The number of benzene rings is 2. The lowest BCUT2D eigenvalue weighted by molar-refractivity contribution is -0.124. The number of nitrogens with one attached hydrogen (secondary N) is 1. The summed E-state index contributed by atoms with van der Waals surface area (Å²) in [7, 11) is 1.68. The van der Waals surface area contributed by atoms with Crippen LogP contribution in [0.25, 0.3) is 22.2 Å². The second kappa shape index (κ2) is 6.68. The van der Waals surface area contributed by atoms with E-state index >= 15 is 0 Å². The number of fused-ring (bicyclic) bond motifs is 1. The molecule has 3 N–H and O–H groups in total. The molecule has 1 amide bonds. The Morgan fingerprint density at radius 2 is 1.78 bits per heavy atom. The highest BCUT2D eigenvalue weighted by atomic mass is 16.5. The lowest BCUT2D eigenvalue weighted by Crippen LogP contribution is -2.54. The molecule has 0 atom stereocenters. The molecule has 2 heterocycles. The van der Waals surface area contributed by atoms with E-state index in [1.54, 1.807) is 13.1 Å². The summed E-state index contributed by atoms with van der Waals surface area (Å²) < 4.78 is 11.9. The fourth-order valence-electron chi connectivity index (χ4n) is 3.27. The standard InChI is InChI=1S/C20H21N3O4/c1-23-16-12-14(4-7-17(16)27-19(23)25)13-2-5-15(6-3-13)22-18(24)20(21)8-10-26-11-9-20/h2-7,12H,8-11,21H2,1H3,(H,22,24). The van der Waals surface area contributed by atoms with Crippen LogP contribution in [0.2, 0.25) is 0 Å². The van der Waals surface area contributed by atoms with Gasteiger partial charge in [0, 0.05) is 25.9 Å². The van der Waals surface area contributed by atoms with Gasteiger partial charge in [0.2, 0.25) is 5.91 Å². The number of hydrogen-bond donors (Lipinski definition) is 2. The molecule has 140 valence electrons. The van der Waals surface area contributed by atoms with Crippen LogP contribution >= 0.6 is 0 Å². The Bertz CT molecular complexity index is 1040. The molecule has 7 heteroatoms. The van der Waals surface area contributed by atoms with Crippen LogP contribution < -0.4 is 16.8 Å². The third-order valence-electron chi connectivity index (χ3n) is 5.10. The Hall–Kier alpha value is -2.90. The Balaban J connectivity index is 1.54. The maximum absolute atomic E-state index is 12.5. The predicted molar refractivity (Wildman–Crippen MR) is 102 cm³/mol. The fourth-order valence-corrected chi connectivity index (χ4v) is 3.27. The topological polar surface area (TPSA) is 99.5 Å². The highest BCUT2D eigenvalue weighted by Gasteiger charge is 2.35. The average Bonchev–Trinajstić information content (AvgIpc) is 2.96. The van der Waals surface area contributed by atoms with E-state index in [-0.39, 0.29) is 11.7 Å². The summed E-state index contributed by atoms with van der Waals surface area (Å²) in [5, 5.41) is 2.89. The van der Waals surface area contributed by atoms with Gasteiger partial charge in [-0.2, -0.15) is 0 Å². The Kier molecular flexibility index (Phi) is 4.33. The van der Waals surface area contributed by atoms with Crippen molar-refractivity contribution >= 4 is 22.7 Å². The molecule has 1 aliphatic rings. The van der Waals surface area contributed by atoms with Crippen LogP contribution in [0.3, 0.4) is 0 Å². The number of aryl methyl sites for hydroxylation is 1. The van der Waals surface area contributed by atoms with Gasteiger partial charge in [-0.15, -0.1) is 0 Å². The number of carbonyl (C=O) groups excluding carboxylic acids is 1. The number of ether oxygens (including phenoxy) is 1. The van der Waals surface area contributed by atoms with Crippen LogP contribution in [-0.4, -0.2) is 29.2 Å². The van der Waals surface area contributed by atoms with Crippen molar-refractivity contribution in [3.8, 4) is 11.1 Å². The normalized spacial score (nSPS) is 16.4. The lowest BCUT2D eigenvalue weighted by atomic mass is 9.90. The number of anilines is 1. The molecule has 1 aromatic heterocycles. The van der Waals surface area contributed by atoms with Crippen LogP contribution in [0.5, 0.6) is 0 Å². The number of rotatable bonds is 3. The van der Waals surface area contributed by atoms with Crippen molar-refractivity contribution in [2.24, 2.45) is 12.8 Å². The number of aromatic nitrogens is 1. The zero-order valence-corrected chi connectivity index (χ0v) is 15.0. The van der Waals surface area contributed by atoms with Gasteiger partial charge in [-0.1, -0.05) is 18.2 Å². The summed E-state index contributed by atoms with van der Waals surface area (Å²) >= 11 is 0. The summed E-state index contributed by atoms with van der Waals surface area (Å²) in [5.74, 6) is -0.572. The number of nitrogens with two attached hydrogens (primary N) is 1. The minimum absolute atomic E-state index is 0.187. The summed E-state index contributed by atoms with van der Waals surface area (Å²) in [6.07, 6.45) is 1.03. The number of amides is 1. The van der Waals surface area contributed by atoms with Crippen molar-refractivity contribution in [1.29, 1.82) is 0 Å². The molecule has 3 aromatic rings. The molecule has 0 unspecified atom stereocenters. The molecular weight excluding hydrogens is 346 g/mol. The first kappa shape index (κ1) is 17.5. The molecular formula is C20H21N3O4. The molecule has 1 aliphatic heterocycles. The Morgan fingerprint density at radius 1 is 1.11 bits per heavy atom. The van der Waals surface area contributed by atoms with Crippen molar-refractivity contribution in [1.82, 2.24) is 4.57 Å². The zero-order valence-electron chi connectivity index (χ0n) is 15.0. The SMILES string of the molecule is Cn1c(=O)oc2ccc(-c3ccc(NC(=O)C4(N)CCOCC4)cc3)cc21. The molecule has 7 nitrogen and oxygen atoms in total. The van der Waals surface area contributed by atoms with Gasteiger partial charge in [0.05, 0.1) is 5.52 Å². The Labute approximate surface area is 155 Å². The molecule has 1 fully saturated rings. The second-order valence-electron chi connectivity index (χ2n) is 6.91. The number of nitrogens with zero attached hydrogens (tertiary/aromatic N) is 1. The van der Waals surface area contributed by atoms with Crippen LogP contribution in [0.15, 0.2) is 51.7 Å². The third kappa shape index (κ3) is 3.27. The molecule has 0 bridgehead atoms. The maximum atomic E-state index is 12.5. The lowest BCUT2D eigenvalue weighted by Gasteiger charge is -2.31. The van der Waals surface area contributed by atoms with Crippen molar-refractivity contribution in [3.63, 3.8) is 0 Å². The van der Waals surface area contributed by atoms with Gasteiger partial charge in [-0.05, 0) is 48.2 Å². The van der Waals surface area contributed by atoms with E-state index in [9.17, 15) is 9.59 Å². The smallest absolute Gasteiger partial charge is 0.408 e. The number of hydrogen-bond acceptors (Lipinski definition) is 5. The molecule has 0 spiro atoms. The summed E-state index contributed by atoms with van der Waals surface area (Å²) in [6, 6.07) is 13.1. The first-order chi connectivity index (χ1) is 13.0. The van der Waals surface area contributed by atoms with Gasteiger partial charge in [-0.25, -0.2) is 4.79 Å². The van der Waals surface area contributed by atoms with Gasteiger partial charge < -0.3 is 20.2 Å². The van der Waals surface area contributed by atoms with Crippen molar-refractivity contribution in [2.45, 2.75) is 18.4 Å². The molecule has 0 saturated carbocycles. The molecule has 27 heavy (non-hydrogen) atoms. The van der Waals surface area contributed by atoms with E-state index in [0.717, 1.165) is 16.6 Å². The van der Waals surface area contributed by atoms with Crippen LogP contribution in [0.1, 0.15) is 12.8 Å². The minimum atomic E-state index is -0.881. The quantitative estimate of drug-likeness (QED) is 0.740. The highest BCUT2D eigenvalue weighted by Crippen LogP contribution is 2.26. The monoisotopic (exact) mass is 367 g/mol. The maximum Gasteiger partial charge on any atom is 0.419 e. The van der Waals surface area contributed by atoms with Crippen LogP contribution in [0.4, 0.5) is 5.69 Å². The van der Waals surface area contributed by atoms with E-state index in [1.165, 1.54) is 4.57 Å². The van der Waals surface area contributed by atoms with Gasteiger partial charge in [-0.3, -0.25) is 9.36 Å². The molecule has 1 saturated heterocycles. The first-order valence-corrected chi connectivity index (χ1v) is 8.84. The van der Waals surface area contributed by atoms with E-state index in [2.05, 4.69) is 5.32 Å². The summed E-state index contributed by atoms with van der Waals surface area (Å²) in [5.41, 5.74) is 9.24. The van der Waals surface area contributed by atoms with Crippen molar-refractivity contribution in [3.05, 3.63) is 53.0 Å². The zero-order chi connectivity index (χ0) is 19.0. The second-order valence-corrected chi connectivity index (χ2v) is 6.91. The fraction of sp³-hybridized carbons (Fsp3) is 0.300. The van der Waals surface area contributed by atoms with Crippen LogP contribution in [-0.2, 0) is 16.6 Å². The molecule has 2 aromatic carbocycles.